The van der Waals surface area contributed by atoms with E-state index in [0.717, 1.165) is 53.9 Å². The second-order valence-corrected chi connectivity index (χ2v) is 13.9. The normalized spacial score (nSPS) is 13.0. The highest BCUT2D eigenvalue weighted by atomic mass is 32.1. The highest BCUT2D eigenvalue weighted by Crippen LogP contribution is 2.52. The maximum Gasteiger partial charge on any atom is 0.0972 e. The molecule has 3 heterocycles. The standard InChI is InChI=1S/C50H32N2S/c1-4-13-34(14-5-1)45-46(50(39-17-8-3-9-18-39)53-49(45)38-15-6-2-7-16-38)35-24-22-33(23-25-35)40-29-30-43(42-21-11-10-20-41(40)42)44-31-28-37-27-26-36-19-12-32-51-47(36)48(37)52-44/h1-32H/i10D,11D,20D,21D,29D,30D. The number of hydrogen-bond acceptors (Lipinski definition) is 3. The molecule has 0 atom stereocenters. The van der Waals surface area contributed by atoms with E-state index in [9.17, 15) is 5.48 Å². The van der Waals surface area contributed by atoms with E-state index < -0.39 is 12.1 Å². The largest absolute Gasteiger partial charge is 0.254 e. The monoisotopic (exact) mass is 698 g/mol. The fraction of sp³-hybridized carbons (Fsp3) is 0. The lowest BCUT2D eigenvalue weighted by atomic mass is 9.89. The number of aromatic nitrogens is 2. The minimum absolute atomic E-state index is 0.152. The van der Waals surface area contributed by atoms with Gasteiger partial charge in [0.2, 0.25) is 0 Å². The van der Waals surface area contributed by atoms with Crippen molar-refractivity contribution in [2.24, 2.45) is 0 Å². The van der Waals surface area contributed by atoms with Gasteiger partial charge in [-0.05, 0) is 56.3 Å². The van der Waals surface area contributed by atoms with Gasteiger partial charge in [0.1, 0.15) is 0 Å². The van der Waals surface area contributed by atoms with E-state index in [1.807, 2.05) is 97.1 Å². The maximum atomic E-state index is 9.52. The van der Waals surface area contributed by atoms with Crippen LogP contribution < -0.4 is 0 Å². The Kier molecular flexibility index (Phi) is 6.27. The lowest BCUT2D eigenvalue weighted by Gasteiger charge is -2.14. The molecule has 3 heteroatoms. The highest BCUT2D eigenvalue weighted by Gasteiger charge is 2.23. The number of rotatable bonds is 6. The second kappa shape index (κ2) is 13.1. The van der Waals surface area contributed by atoms with Crippen molar-refractivity contribution in [3.63, 3.8) is 0 Å². The fourth-order valence-electron chi connectivity index (χ4n) is 7.19. The molecule has 10 rings (SSSR count). The summed E-state index contributed by atoms with van der Waals surface area (Å²) in [6, 6.07) is 48.6. The molecule has 10 aromatic rings. The van der Waals surface area contributed by atoms with Crippen molar-refractivity contribution < 1.29 is 8.22 Å². The van der Waals surface area contributed by atoms with Gasteiger partial charge in [-0.25, -0.2) is 4.98 Å². The highest BCUT2D eigenvalue weighted by molar-refractivity contribution is 7.20. The smallest absolute Gasteiger partial charge is 0.0972 e. The summed E-state index contributed by atoms with van der Waals surface area (Å²) < 4.78 is 54.8. The van der Waals surface area contributed by atoms with Crippen LogP contribution in [0.15, 0.2) is 194 Å². The van der Waals surface area contributed by atoms with Crippen LogP contribution in [0.2, 0.25) is 0 Å². The fourth-order valence-corrected chi connectivity index (χ4v) is 8.54. The van der Waals surface area contributed by atoms with Crippen molar-refractivity contribution in [3.05, 3.63) is 194 Å². The van der Waals surface area contributed by atoms with Crippen LogP contribution in [0.4, 0.5) is 0 Å². The summed E-state index contributed by atoms with van der Waals surface area (Å²) in [7, 11) is 0. The Morgan fingerprint density at radius 3 is 1.57 bits per heavy atom. The van der Waals surface area contributed by atoms with E-state index in [0.29, 0.717) is 22.3 Å². The van der Waals surface area contributed by atoms with Gasteiger partial charge in [-0.1, -0.05) is 176 Å². The molecule has 0 radical (unpaired) electrons. The van der Waals surface area contributed by atoms with Gasteiger partial charge in [-0.2, -0.15) is 0 Å². The average molecular weight is 699 g/mol. The molecule has 0 spiro atoms. The van der Waals surface area contributed by atoms with Crippen molar-refractivity contribution in [2.45, 2.75) is 0 Å². The molecular weight excluding hydrogens is 661 g/mol. The molecule has 3 aromatic heterocycles. The van der Waals surface area contributed by atoms with Gasteiger partial charge in [0.15, 0.2) is 0 Å². The van der Waals surface area contributed by atoms with Gasteiger partial charge >= 0.3 is 0 Å². The molecule has 0 saturated carbocycles. The Morgan fingerprint density at radius 2 is 0.925 bits per heavy atom. The molecule has 2 nitrogen and oxygen atoms in total. The van der Waals surface area contributed by atoms with Crippen LogP contribution in [0.1, 0.15) is 8.22 Å². The molecule has 0 N–H and O–H groups in total. The number of hydrogen-bond donors (Lipinski definition) is 0. The van der Waals surface area contributed by atoms with E-state index in [1.54, 1.807) is 23.6 Å². The quantitative estimate of drug-likeness (QED) is 0.162. The molecule has 248 valence electrons. The summed E-state index contributed by atoms with van der Waals surface area (Å²) in [5.74, 6) is 0. The molecule has 0 aliphatic carbocycles. The molecule has 0 fully saturated rings. The van der Waals surface area contributed by atoms with Crippen molar-refractivity contribution in [1.82, 2.24) is 9.97 Å². The van der Waals surface area contributed by atoms with Gasteiger partial charge in [-0.15, -0.1) is 11.3 Å². The topological polar surface area (TPSA) is 25.8 Å². The Morgan fingerprint density at radius 1 is 0.415 bits per heavy atom. The molecule has 0 unspecified atom stereocenters. The van der Waals surface area contributed by atoms with Gasteiger partial charge < -0.3 is 0 Å². The first-order valence-corrected chi connectivity index (χ1v) is 18.2. The molecule has 0 saturated heterocycles. The van der Waals surface area contributed by atoms with Crippen LogP contribution in [0, 0.1) is 0 Å². The summed E-state index contributed by atoms with van der Waals surface area (Å²) in [5.41, 5.74) is 9.04. The number of nitrogens with zero attached hydrogens (tertiary/aromatic N) is 2. The van der Waals surface area contributed by atoms with E-state index >= 15 is 0 Å². The minimum atomic E-state index is -0.413. The van der Waals surface area contributed by atoms with E-state index in [4.69, 9.17) is 7.73 Å². The summed E-state index contributed by atoms with van der Waals surface area (Å²) in [6.45, 7) is 0. The lowest BCUT2D eigenvalue weighted by Crippen LogP contribution is -1.91. The first kappa shape index (κ1) is 25.3. The third-order valence-corrected chi connectivity index (χ3v) is 11.0. The number of thiophene rings is 1. The van der Waals surface area contributed by atoms with Crippen molar-refractivity contribution >= 4 is 43.9 Å². The number of benzene rings is 7. The summed E-state index contributed by atoms with van der Waals surface area (Å²) in [5, 5.41) is 2.06. The van der Waals surface area contributed by atoms with Gasteiger partial charge in [0.05, 0.1) is 25.0 Å². The SMILES string of the molecule is [2H]c1c([2H])c([2H])c2c(-c3ccc4ccc5cccnc5c4n3)c([2H])c([2H])c(-c3ccc(-c4c(-c5ccccc5)sc(-c5ccccc5)c4-c4ccccc4)cc3)c2c1[2H]. The zero-order chi connectivity index (χ0) is 40.4. The predicted molar refractivity (Wildman–Crippen MR) is 225 cm³/mol. The van der Waals surface area contributed by atoms with Crippen molar-refractivity contribution in [2.75, 3.05) is 0 Å². The summed E-state index contributed by atoms with van der Waals surface area (Å²) in [6.07, 6.45) is 1.70. The molecule has 53 heavy (non-hydrogen) atoms. The number of pyridine rings is 2. The minimum Gasteiger partial charge on any atom is -0.254 e. The predicted octanol–water partition coefficient (Wildman–Crippen LogP) is 14.0. The molecule has 0 bridgehead atoms. The Bertz CT molecular complexity index is 3260. The maximum absolute atomic E-state index is 9.52. The van der Waals surface area contributed by atoms with Crippen molar-refractivity contribution in [3.8, 4) is 65.5 Å². The zero-order valence-corrected chi connectivity index (χ0v) is 29.1. The molecule has 0 aliphatic rings. The van der Waals surface area contributed by atoms with E-state index in [-0.39, 0.29) is 46.1 Å². The second-order valence-electron chi connectivity index (χ2n) is 12.8. The first-order chi connectivity index (χ1) is 28.8. The average Bonchev–Trinajstić information content (AvgIpc) is 3.70. The van der Waals surface area contributed by atoms with Crippen LogP contribution >= 0.6 is 11.3 Å². The Hall–Kier alpha value is -6.68. The number of fused-ring (bicyclic) bond motifs is 4. The van der Waals surface area contributed by atoms with Gasteiger partial charge in [0, 0.05) is 43.4 Å². The third kappa shape index (κ3) is 5.50. The van der Waals surface area contributed by atoms with Crippen LogP contribution in [-0.2, 0) is 0 Å². The van der Waals surface area contributed by atoms with Crippen LogP contribution in [0.25, 0.3) is 98.1 Å². The van der Waals surface area contributed by atoms with Gasteiger partial charge in [-0.3, -0.25) is 4.98 Å². The molecule has 7 aromatic carbocycles. The van der Waals surface area contributed by atoms with E-state index in [1.165, 1.54) is 0 Å². The first-order valence-electron chi connectivity index (χ1n) is 20.4. The molecule has 0 amide bonds. The summed E-state index contributed by atoms with van der Waals surface area (Å²) >= 11 is 1.75. The van der Waals surface area contributed by atoms with Crippen LogP contribution in [-0.4, -0.2) is 9.97 Å². The van der Waals surface area contributed by atoms with Crippen LogP contribution in [0.3, 0.4) is 0 Å². The lowest BCUT2D eigenvalue weighted by molar-refractivity contribution is 1.37. The molecular formula is C50H32N2S. The summed E-state index contributed by atoms with van der Waals surface area (Å²) in [4.78, 5) is 11.8. The zero-order valence-electron chi connectivity index (χ0n) is 34.3. The van der Waals surface area contributed by atoms with Crippen molar-refractivity contribution in [1.29, 1.82) is 0 Å². The van der Waals surface area contributed by atoms with Gasteiger partial charge in [0.25, 0.3) is 0 Å². The third-order valence-electron chi connectivity index (χ3n) is 9.69. The Balaban J connectivity index is 1.21. The van der Waals surface area contributed by atoms with Crippen LogP contribution in [0.5, 0.6) is 0 Å². The van der Waals surface area contributed by atoms with E-state index in [2.05, 4.69) is 53.5 Å². The Labute approximate surface area is 320 Å². The molecule has 0 aliphatic heterocycles.